The van der Waals surface area contributed by atoms with Crippen LogP contribution in [0.4, 0.5) is 0 Å². The summed E-state index contributed by atoms with van der Waals surface area (Å²) < 4.78 is 0. The molecule has 0 aromatic rings. The van der Waals surface area contributed by atoms with Gasteiger partial charge in [0.05, 0.1) is 18.4 Å². The van der Waals surface area contributed by atoms with Crippen LogP contribution in [0.2, 0.25) is 0 Å². The number of aliphatic carboxylic acids is 1. The first-order valence-electron chi connectivity index (χ1n) is 7.49. The lowest BCUT2D eigenvalue weighted by molar-refractivity contribution is -0.396. The van der Waals surface area contributed by atoms with Gasteiger partial charge in [0.2, 0.25) is 5.91 Å². The van der Waals surface area contributed by atoms with Crippen molar-refractivity contribution in [3.05, 3.63) is 0 Å². The highest BCUT2D eigenvalue weighted by atomic mass is 32.1. The van der Waals surface area contributed by atoms with E-state index in [4.69, 9.17) is 5.11 Å². The minimum Gasteiger partial charge on any atom is -0.480 e. The van der Waals surface area contributed by atoms with Crippen LogP contribution < -0.4 is 22.1 Å². The van der Waals surface area contributed by atoms with Gasteiger partial charge in [0.1, 0.15) is 12.1 Å². The summed E-state index contributed by atoms with van der Waals surface area (Å²) in [6.45, 7) is 2.02. The molecule has 0 spiro atoms. The predicted molar refractivity (Wildman–Crippen MR) is 85.3 cm³/mol. The molecule has 10 heteroatoms. The van der Waals surface area contributed by atoms with Crippen molar-refractivity contribution in [2.45, 2.75) is 50.4 Å². The maximum atomic E-state index is 12.2. The smallest absolute Gasteiger partial charge is 0.326 e. The van der Waals surface area contributed by atoms with Gasteiger partial charge in [0, 0.05) is 0 Å². The van der Waals surface area contributed by atoms with Crippen LogP contribution in [0.3, 0.4) is 0 Å². The van der Waals surface area contributed by atoms with Crippen molar-refractivity contribution >= 4 is 30.4 Å². The molecular weight excluding hydrogens is 324 g/mol. The molecule has 0 saturated heterocycles. The fourth-order valence-corrected chi connectivity index (χ4v) is 1.97. The number of carboxylic acid groups (broad SMARTS) is 1. The van der Waals surface area contributed by atoms with E-state index in [1.54, 1.807) is 0 Å². The topological polar surface area (TPSA) is 171 Å². The Bertz CT molecular complexity index is 408. The summed E-state index contributed by atoms with van der Waals surface area (Å²) in [5.74, 6) is -2.27. The second kappa shape index (κ2) is 11.2. The summed E-state index contributed by atoms with van der Waals surface area (Å²) in [7, 11) is 0. The Morgan fingerprint density at radius 2 is 1.78 bits per heavy atom. The van der Waals surface area contributed by atoms with Crippen molar-refractivity contribution in [2.75, 3.05) is 12.3 Å². The van der Waals surface area contributed by atoms with Gasteiger partial charge in [-0.25, -0.2) is 4.79 Å². The summed E-state index contributed by atoms with van der Waals surface area (Å²) in [5.41, 5.74) is 7.23. The molecule has 2 amide bonds. The SMILES string of the molecule is C[C@@H](O)[C@H](NC(=O)[C@@H]([NH3+])CS)C(=O)N[C@@H](CCCC[NH3+])C(=O)O. The number of hydrogen-bond acceptors (Lipinski definition) is 5. The molecule has 0 fully saturated rings. The van der Waals surface area contributed by atoms with Gasteiger partial charge < -0.3 is 32.3 Å². The maximum Gasteiger partial charge on any atom is 0.326 e. The van der Waals surface area contributed by atoms with Gasteiger partial charge in [-0.3, -0.25) is 9.59 Å². The molecule has 0 radical (unpaired) electrons. The number of aliphatic hydroxyl groups is 1. The molecule has 10 N–H and O–H groups in total. The monoisotopic (exact) mass is 352 g/mol. The average molecular weight is 352 g/mol. The van der Waals surface area contributed by atoms with Gasteiger partial charge in [-0.1, -0.05) is 0 Å². The van der Waals surface area contributed by atoms with Crippen molar-refractivity contribution in [3.8, 4) is 0 Å². The predicted octanol–water partition coefficient (Wildman–Crippen LogP) is -3.63. The molecule has 0 unspecified atom stereocenters. The largest absolute Gasteiger partial charge is 0.480 e. The molecule has 0 aliphatic carbocycles. The maximum absolute atomic E-state index is 12.2. The normalized spacial score (nSPS) is 16.0. The summed E-state index contributed by atoms with van der Waals surface area (Å²) in [4.78, 5) is 35.2. The lowest BCUT2D eigenvalue weighted by Crippen LogP contribution is -2.70. The second-order valence-corrected chi connectivity index (χ2v) is 5.72. The van der Waals surface area contributed by atoms with Crippen LogP contribution in [0.1, 0.15) is 26.2 Å². The number of aliphatic hydroxyl groups excluding tert-OH is 1. The van der Waals surface area contributed by atoms with E-state index in [1.807, 2.05) is 0 Å². The molecule has 9 nitrogen and oxygen atoms in total. The highest BCUT2D eigenvalue weighted by molar-refractivity contribution is 7.80. The third-order valence-electron chi connectivity index (χ3n) is 3.26. The van der Waals surface area contributed by atoms with Crippen molar-refractivity contribution in [2.24, 2.45) is 0 Å². The second-order valence-electron chi connectivity index (χ2n) is 5.36. The van der Waals surface area contributed by atoms with Crippen LogP contribution in [-0.4, -0.2) is 64.5 Å². The van der Waals surface area contributed by atoms with E-state index < -0.39 is 42.0 Å². The van der Waals surface area contributed by atoms with E-state index in [0.717, 1.165) is 6.42 Å². The summed E-state index contributed by atoms with van der Waals surface area (Å²) in [6.07, 6.45) is 0.431. The van der Waals surface area contributed by atoms with Gasteiger partial charge in [-0.05, 0) is 26.2 Å². The van der Waals surface area contributed by atoms with Crippen molar-refractivity contribution in [1.29, 1.82) is 0 Å². The van der Waals surface area contributed by atoms with Gasteiger partial charge in [-0.2, -0.15) is 12.6 Å². The van der Waals surface area contributed by atoms with Crippen LogP contribution in [0, 0.1) is 0 Å². The van der Waals surface area contributed by atoms with E-state index in [2.05, 4.69) is 34.7 Å². The van der Waals surface area contributed by atoms with Gasteiger partial charge in [0.15, 0.2) is 6.04 Å². The molecule has 23 heavy (non-hydrogen) atoms. The van der Waals surface area contributed by atoms with Crippen LogP contribution in [-0.2, 0) is 14.4 Å². The Hall–Kier alpha value is -1.36. The minimum absolute atomic E-state index is 0.183. The van der Waals surface area contributed by atoms with Crippen molar-refractivity contribution in [1.82, 2.24) is 10.6 Å². The lowest BCUT2D eigenvalue weighted by Gasteiger charge is -2.23. The third-order valence-corrected chi connectivity index (χ3v) is 3.70. The van der Waals surface area contributed by atoms with Crippen molar-refractivity contribution < 1.29 is 36.1 Å². The van der Waals surface area contributed by atoms with Crippen LogP contribution in [0.15, 0.2) is 0 Å². The number of carbonyl (C=O) groups is 3. The third kappa shape index (κ3) is 8.16. The van der Waals surface area contributed by atoms with E-state index in [1.165, 1.54) is 6.92 Å². The first kappa shape index (κ1) is 21.6. The lowest BCUT2D eigenvalue weighted by atomic mass is 10.1. The molecule has 0 rings (SSSR count). The van der Waals surface area contributed by atoms with Crippen LogP contribution >= 0.6 is 12.6 Å². The number of hydrogen-bond donors (Lipinski definition) is 7. The Labute approximate surface area is 140 Å². The number of rotatable bonds is 11. The molecular formula is C13H28N4O5S+2. The number of quaternary nitrogens is 2. The molecule has 0 heterocycles. The number of carbonyl (C=O) groups excluding carboxylic acids is 2. The summed E-state index contributed by atoms with van der Waals surface area (Å²) in [6, 6.07) is -3.01. The van der Waals surface area contributed by atoms with Crippen molar-refractivity contribution in [3.63, 3.8) is 0 Å². The molecule has 0 aromatic heterocycles. The molecule has 0 aliphatic rings. The Kier molecular flexibility index (Phi) is 10.6. The highest BCUT2D eigenvalue weighted by Crippen LogP contribution is 2.03. The van der Waals surface area contributed by atoms with E-state index in [-0.39, 0.29) is 12.2 Å². The number of unbranched alkanes of at least 4 members (excludes halogenated alkanes) is 1. The van der Waals surface area contributed by atoms with Gasteiger partial charge >= 0.3 is 5.97 Å². The standard InChI is InChI=1S/C13H26N4O5S/c1-7(18)10(17-11(19)8(15)6-23)12(20)16-9(13(21)22)4-2-3-5-14/h7-10,18,23H,2-6,14-15H2,1H3,(H,16,20)(H,17,19)(H,21,22)/p+2/t7-,8+,9+,10+/m1/s1. The van der Waals surface area contributed by atoms with Crippen LogP contribution in [0.5, 0.6) is 0 Å². The Balaban J connectivity index is 4.81. The first-order valence-corrected chi connectivity index (χ1v) is 8.12. The van der Waals surface area contributed by atoms with E-state index in [0.29, 0.717) is 13.0 Å². The molecule has 0 aliphatic heterocycles. The van der Waals surface area contributed by atoms with Gasteiger partial charge in [0.25, 0.3) is 5.91 Å². The zero-order valence-corrected chi connectivity index (χ0v) is 14.2. The number of nitrogens with one attached hydrogen (secondary N) is 2. The number of carboxylic acids is 1. The van der Waals surface area contributed by atoms with E-state index in [9.17, 15) is 19.5 Å². The fourth-order valence-electron chi connectivity index (χ4n) is 1.80. The number of thiol groups is 1. The summed E-state index contributed by atoms with van der Waals surface area (Å²) in [5, 5.41) is 23.5. The quantitative estimate of drug-likeness (QED) is 0.150. The highest BCUT2D eigenvalue weighted by Gasteiger charge is 2.31. The molecule has 134 valence electrons. The molecule has 0 saturated carbocycles. The average Bonchev–Trinajstić information content (AvgIpc) is 2.49. The summed E-state index contributed by atoms with van der Waals surface area (Å²) >= 11 is 3.94. The van der Waals surface area contributed by atoms with E-state index >= 15 is 0 Å². The van der Waals surface area contributed by atoms with Crippen LogP contribution in [0.25, 0.3) is 0 Å². The fraction of sp³-hybridized carbons (Fsp3) is 0.769. The zero-order valence-electron chi connectivity index (χ0n) is 13.3. The van der Waals surface area contributed by atoms with Gasteiger partial charge in [-0.15, -0.1) is 0 Å². The first-order chi connectivity index (χ1) is 10.7. The Morgan fingerprint density at radius 1 is 1.17 bits per heavy atom. The molecule has 0 aromatic carbocycles. The minimum atomic E-state index is -1.25. The number of amides is 2. The Morgan fingerprint density at radius 3 is 2.22 bits per heavy atom. The molecule has 4 atom stereocenters. The zero-order chi connectivity index (χ0) is 18.0. The molecule has 0 bridgehead atoms.